The molecule has 0 bridgehead atoms. The number of nitrogens with one attached hydrogen (secondary N) is 2. The molecule has 1 aromatic heterocycles. The number of esters is 1. The van der Waals surface area contributed by atoms with E-state index in [9.17, 15) is 19.2 Å². The van der Waals surface area contributed by atoms with Gasteiger partial charge in [-0.25, -0.2) is 19.2 Å². The van der Waals surface area contributed by atoms with Crippen LogP contribution in [0, 0.1) is 0 Å². The molecule has 1 aromatic carbocycles. The minimum absolute atomic E-state index is 0.0669. The van der Waals surface area contributed by atoms with Crippen molar-refractivity contribution in [2.45, 2.75) is 85.0 Å². The number of rotatable bonds is 12. The molecule has 0 aliphatic rings. The largest absolute Gasteiger partial charge is 0.464 e. The van der Waals surface area contributed by atoms with E-state index in [1.54, 1.807) is 85.0 Å². The van der Waals surface area contributed by atoms with Crippen molar-refractivity contribution < 1.29 is 38.1 Å². The summed E-state index contributed by atoms with van der Waals surface area (Å²) in [4.78, 5) is 56.8. The fourth-order valence-electron chi connectivity index (χ4n) is 4.16. The van der Waals surface area contributed by atoms with Gasteiger partial charge in [0.2, 0.25) is 0 Å². The summed E-state index contributed by atoms with van der Waals surface area (Å²) in [7, 11) is 1.24. The van der Waals surface area contributed by atoms with Crippen molar-refractivity contribution in [3.63, 3.8) is 0 Å². The van der Waals surface area contributed by atoms with Crippen LogP contribution in [0.3, 0.4) is 0 Å². The molecule has 2 rings (SSSR count). The standard InChI is InChI=1S/C34H46N4O8/c1-10-14-27(29(39)44-11-2)38(32(42)46-34(6,7)8)28-22-25(37-31(41)43-9)16-17-26(28)23-18-20-35-24(21-23)15-12-13-19-36-30(40)45-33(3,4)5/h10,13,16-22,27H,1,11-12,14-15H2,2-9H3,(H,36,40)(H,37,41)/t27-/m0/s1. The number of benzene rings is 1. The van der Waals surface area contributed by atoms with Crippen LogP contribution in [0.5, 0.6) is 0 Å². The number of aromatic nitrogens is 1. The van der Waals surface area contributed by atoms with Crippen molar-refractivity contribution in [1.29, 1.82) is 0 Å². The van der Waals surface area contributed by atoms with Gasteiger partial charge >= 0.3 is 24.2 Å². The van der Waals surface area contributed by atoms with Crippen LogP contribution in [-0.4, -0.2) is 60.2 Å². The first-order valence-corrected chi connectivity index (χ1v) is 15.0. The SMILES string of the molecule is C=CC[C@@H](C(=O)OCC)N(C(=O)OC(C)(C)C)c1cc(NC(=O)OC)ccc1-c1ccnc(CCC=CNC(=O)OC(C)(C)C)c1. The number of methoxy groups -OCH3 is 1. The number of ether oxygens (including phenoxy) is 4. The van der Waals surface area contributed by atoms with Gasteiger partial charge in [0, 0.05) is 29.3 Å². The molecule has 46 heavy (non-hydrogen) atoms. The van der Waals surface area contributed by atoms with Crippen LogP contribution in [0.1, 0.15) is 67.0 Å². The molecule has 0 aliphatic carbocycles. The molecule has 12 heteroatoms. The van der Waals surface area contributed by atoms with Crippen LogP contribution < -0.4 is 15.5 Å². The second kappa shape index (κ2) is 17.0. The summed E-state index contributed by atoms with van der Waals surface area (Å²) in [6.45, 7) is 16.1. The van der Waals surface area contributed by atoms with Gasteiger partial charge < -0.3 is 18.9 Å². The van der Waals surface area contributed by atoms with Crippen molar-refractivity contribution >= 4 is 35.6 Å². The highest BCUT2D eigenvalue weighted by Gasteiger charge is 2.36. The number of allylic oxidation sites excluding steroid dienone is 1. The lowest BCUT2D eigenvalue weighted by atomic mass is 10.00. The number of carbonyl (C=O) groups excluding carboxylic acids is 4. The molecule has 0 unspecified atom stereocenters. The van der Waals surface area contributed by atoms with Crippen molar-refractivity contribution in [2.75, 3.05) is 23.9 Å². The zero-order valence-corrected chi connectivity index (χ0v) is 28.0. The number of carbonyl (C=O) groups is 4. The Balaban J connectivity index is 2.58. The average Bonchev–Trinajstić information content (AvgIpc) is 2.95. The molecule has 2 N–H and O–H groups in total. The van der Waals surface area contributed by atoms with Gasteiger partial charge in [0.1, 0.15) is 17.2 Å². The van der Waals surface area contributed by atoms with Gasteiger partial charge in [-0.3, -0.25) is 20.5 Å². The summed E-state index contributed by atoms with van der Waals surface area (Å²) in [5.74, 6) is -0.646. The minimum atomic E-state index is -1.12. The maximum absolute atomic E-state index is 13.8. The molecule has 0 radical (unpaired) electrons. The number of alkyl carbamates (subject to hydrolysis) is 1. The topological polar surface area (TPSA) is 145 Å². The fraction of sp³-hybridized carbons (Fsp3) is 0.441. The summed E-state index contributed by atoms with van der Waals surface area (Å²) < 4.78 is 21.1. The molecule has 12 nitrogen and oxygen atoms in total. The fourth-order valence-corrected chi connectivity index (χ4v) is 4.16. The third-order valence-electron chi connectivity index (χ3n) is 5.95. The Morgan fingerprint density at radius 3 is 2.30 bits per heavy atom. The summed E-state index contributed by atoms with van der Waals surface area (Å²) in [6, 6.07) is 7.45. The van der Waals surface area contributed by atoms with Crippen molar-refractivity contribution in [3.05, 3.63) is 67.2 Å². The first kappa shape index (κ1) is 37.3. The summed E-state index contributed by atoms with van der Waals surface area (Å²) in [5, 5.41) is 5.19. The summed E-state index contributed by atoms with van der Waals surface area (Å²) in [6.07, 6.45) is 5.59. The van der Waals surface area contributed by atoms with E-state index in [2.05, 4.69) is 22.2 Å². The van der Waals surface area contributed by atoms with Crippen LogP contribution in [0.4, 0.5) is 25.8 Å². The minimum Gasteiger partial charge on any atom is -0.464 e. The molecule has 1 heterocycles. The third-order valence-corrected chi connectivity index (χ3v) is 5.95. The first-order chi connectivity index (χ1) is 21.6. The molecule has 1 atom stereocenters. The Kier molecular flexibility index (Phi) is 13.8. The first-order valence-electron chi connectivity index (χ1n) is 15.0. The highest BCUT2D eigenvalue weighted by Crippen LogP contribution is 2.37. The van der Waals surface area contributed by atoms with Gasteiger partial charge in [-0.05, 0) is 97.6 Å². The summed E-state index contributed by atoms with van der Waals surface area (Å²) >= 11 is 0. The molecule has 0 saturated heterocycles. The molecule has 0 aliphatic heterocycles. The van der Waals surface area contributed by atoms with Crippen molar-refractivity contribution in [3.8, 4) is 11.1 Å². The number of pyridine rings is 1. The van der Waals surface area contributed by atoms with Gasteiger partial charge in [0.05, 0.1) is 19.4 Å². The van der Waals surface area contributed by atoms with Gasteiger partial charge in [-0.15, -0.1) is 6.58 Å². The lowest BCUT2D eigenvalue weighted by Crippen LogP contribution is -2.48. The highest BCUT2D eigenvalue weighted by atomic mass is 16.6. The van der Waals surface area contributed by atoms with E-state index in [0.717, 1.165) is 5.69 Å². The van der Waals surface area contributed by atoms with E-state index in [1.807, 2.05) is 6.07 Å². The van der Waals surface area contributed by atoms with Gasteiger partial charge in [-0.2, -0.15) is 0 Å². The van der Waals surface area contributed by atoms with Crippen LogP contribution in [0.25, 0.3) is 11.1 Å². The van der Waals surface area contributed by atoms with Gasteiger partial charge in [0.25, 0.3) is 0 Å². The Bertz CT molecular complexity index is 1410. The van der Waals surface area contributed by atoms with Gasteiger partial charge in [-0.1, -0.05) is 18.2 Å². The van der Waals surface area contributed by atoms with Crippen LogP contribution in [0.15, 0.2) is 61.5 Å². The van der Waals surface area contributed by atoms with E-state index in [1.165, 1.54) is 24.3 Å². The summed E-state index contributed by atoms with van der Waals surface area (Å²) in [5.41, 5.74) is 1.09. The van der Waals surface area contributed by atoms with E-state index < -0.39 is 41.5 Å². The number of hydrogen-bond donors (Lipinski definition) is 2. The number of anilines is 2. The lowest BCUT2D eigenvalue weighted by Gasteiger charge is -2.33. The second-order valence-electron chi connectivity index (χ2n) is 12.1. The van der Waals surface area contributed by atoms with E-state index >= 15 is 0 Å². The third kappa shape index (κ3) is 12.3. The Labute approximate surface area is 271 Å². The zero-order valence-electron chi connectivity index (χ0n) is 28.0. The van der Waals surface area contributed by atoms with Crippen molar-refractivity contribution in [1.82, 2.24) is 10.3 Å². The zero-order chi connectivity index (χ0) is 34.5. The predicted molar refractivity (Wildman–Crippen MR) is 176 cm³/mol. The number of hydrogen-bond acceptors (Lipinski definition) is 9. The highest BCUT2D eigenvalue weighted by molar-refractivity contribution is 6.01. The van der Waals surface area contributed by atoms with Crippen LogP contribution in [-0.2, 0) is 30.2 Å². The average molecular weight is 639 g/mol. The maximum Gasteiger partial charge on any atom is 0.415 e. The molecule has 2 aromatic rings. The molecule has 0 spiro atoms. The van der Waals surface area contributed by atoms with Crippen molar-refractivity contribution in [2.24, 2.45) is 0 Å². The predicted octanol–water partition coefficient (Wildman–Crippen LogP) is 7.15. The number of aryl methyl sites for hydroxylation is 1. The quantitative estimate of drug-likeness (QED) is 0.141. The second-order valence-corrected chi connectivity index (χ2v) is 12.1. The molecule has 250 valence electrons. The Morgan fingerprint density at radius 2 is 1.70 bits per heavy atom. The monoisotopic (exact) mass is 638 g/mol. The molecule has 0 saturated carbocycles. The smallest absolute Gasteiger partial charge is 0.415 e. The van der Waals surface area contributed by atoms with Gasteiger partial charge in [0.15, 0.2) is 0 Å². The van der Waals surface area contributed by atoms with E-state index in [-0.39, 0.29) is 18.7 Å². The van der Waals surface area contributed by atoms with Crippen LogP contribution >= 0.6 is 0 Å². The normalized spacial score (nSPS) is 12.1. The Morgan fingerprint density at radius 1 is 1.00 bits per heavy atom. The van der Waals surface area contributed by atoms with E-state index in [4.69, 9.17) is 18.9 Å². The molecular weight excluding hydrogens is 592 g/mol. The molecule has 0 fully saturated rings. The Hall–Kier alpha value is -4.87. The maximum atomic E-state index is 13.8. The number of nitrogens with zero attached hydrogens (tertiary/aromatic N) is 2. The molecule has 3 amide bonds. The van der Waals surface area contributed by atoms with Crippen LogP contribution in [0.2, 0.25) is 0 Å². The number of amides is 3. The lowest BCUT2D eigenvalue weighted by molar-refractivity contribution is -0.144. The molecular formula is C34H46N4O8. The van der Waals surface area contributed by atoms with E-state index in [0.29, 0.717) is 29.7 Å².